The van der Waals surface area contributed by atoms with Crippen LogP contribution in [0.1, 0.15) is 72.6 Å². The van der Waals surface area contributed by atoms with Crippen LogP contribution in [0.5, 0.6) is 0 Å². The molecule has 0 bridgehead atoms. The molecule has 4 rings (SSSR count). The maximum Gasteiger partial charge on any atom is 0.269 e. The molecule has 1 aliphatic carbocycles. The van der Waals surface area contributed by atoms with Gasteiger partial charge in [-0.3, -0.25) is 19.5 Å². The molecular weight excluding hydrogens is 428 g/mol. The van der Waals surface area contributed by atoms with E-state index in [0.717, 1.165) is 32.2 Å². The summed E-state index contributed by atoms with van der Waals surface area (Å²) in [5.41, 5.74) is 6.09. The SMILES string of the molecule is N#CC1(NC(=O)C(CC2CCCCC2)c2nccnc2C(N)=O)CCN(Cc2ccccc2)C1. The van der Waals surface area contributed by atoms with Crippen molar-refractivity contribution >= 4 is 11.8 Å². The van der Waals surface area contributed by atoms with Crippen molar-refractivity contribution in [1.29, 1.82) is 5.26 Å². The highest BCUT2D eigenvalue weighted by atomic mass is 16.2. The van der Waals surface area contributed by atoms with Crippen LogP contribution in [-0.4, -0.2) is 45.3 Å². The number of aromatic nitrogens is 2. The van der Waals surface area contributed by atoms with Crippen molar-refractivity contribution in [3.63, 3.8) is 0 Å². The number of likely N-dealkylation sites (tertiary alicyclic amines) is 1. The first kappa shape index (κ1) is 23.8. The van der Waals surface area contributed by atoms with Gasteiger partial charge in [0.05, 0.1) is 17.7 Å². The number of hydrogen-bond donors (Lipinski definition) is 2. The molecular formula is C26H32N6O2. The molecule has 2 unspecified atom stereocenters. The Morgan fingerprint density at radius 1 is 1.18 bits per heavy atom. The number of nitrogens with two attached hydrogens (primary N) is 1. The van der Waals surface area contributed by atoms with Crippen LogP contribution in [0, 0.1) is 17.2 Å². The largest absolute Gasteiger partial charge is 0.364 e. The first-order valence-corrected chi connectivity index (χ1v) is 12.1. The zero-order valence-corrected chi connectivity index (χ0v) is 19.4. The third-order valence-electron chi connectivity index (χ3n) is 7.07. The van der Waals surface area contributed by atoms with Crippen LogP contribution in [0.25, 0.3) is 0 Å². The molecule has 2 amide bonds. The van der Waals surface area contributed by atoms with Crippen LogP contribution in [-0.2, 0) is 11.3 Å². The maximum absolute atomic E-state index is 13.7. The molecule has 1 aromatic carbocycles. The summed E-state index contributed by atoms with van der Waals surface area (Å²) >= 11 is 0. The van der Waals surface area contributed by atoms with Gasteiger partial charge in [-0.15, -0.1) is 0 Å². The molecule has 2 atom stereocenters. The molecule has 0 radical (unpaired) electrons. The van der Waals surface area contributed by atoms with E-state index in [1.807, 2.05) is 18.2 Å². The fourth-order valence-corrected chi connectivity index (χ4v) is 5.30. The highest BCUT2D eigenvalue weighted by molar-refractivity contribution is 5.94. The van der Waals surface area contributed by atoms with E-state index < -0.39 is 17.4 Å². The number of nitrogens with zero attached hydrogens (tertiary/aromatic N) is 4. The van der Waals surface area contributed by atoms with E-state index in [0.29, 0.717) is 37.5 Å². The maximum atomic E-state index is 13.7. The predicted octanol–water partition coefficient (Wildman–Crippen LogP) is 2.91. The molecule has 2 aliphatic rings. The lowest BCUT2D eigenvalue weighted by molar-refractivity contribution is -0.124. The van der Waals surface area contributed by atoms with Gasteiger partial charge in [0, 0.05) is 32.0 Å². The fraction of sp³-hybridized carbons (Fsp3) is 0.500. The first-order valence-electron chi connectivity index (χ1n) is 12.1. The van der Waals surface area contributed by atoms with Gasteiger partial charge in [0.2, 0.25) is 5.91 Å². The van der Waals surface area contributed by atoms with Gasteiger partial charge in [-0.1, -0.05) is 62.4 Å². The number of benzene rings is 1. The molecule has 1 saturated heterocycles. The molecule has 2 fully saturated rings. The summed E-state index contributed by atoms with van der Waals surface area (Å²) in [4.78, 5) is 36.4. The molecule has 0 spiro atoms. The second kappa shape index (κ2) is 10.7. The molecule has 8 heteroatoms. The van der Waals surface area contributed by atoms with Gasteiger partial charge in [-0.25, -0.2) is 4.98 Å². The van der Waals surface area contributed by atoms with Crippen molar-refractivity contribution in [2.45, 2.75) is 62.9 Å². The third kappa shape index (κ3) is 5.60. The minimum atomic E-state index is -0.980. The minimum absolute atomic E-state index is 0.0293. The van der Waals surface area contributed by atoms with Crippen LogP contribution >= 0.6 is 0 Å². The van der Waals surface area contributed by atoms with Crippen LogP contribution in [0.15, 0.2) is 42.7 Å². The van der Waals surface area contributed by atoms with Gasteiger partial charge >= 0.3 is 0 Å². The molecule has 1 saturated carbocycles. The number of amides is 2. The van der Waals surface area contributed by atoms with Crippen molar-refractivity contribution in [3.8, 4) is 6.07 Å². The molecule has 2 aromatic rings. The normalized spacial score (nSPS) is 22.1. The van der Waals surface area contributed by atoms with E-state index in [2.05, 4.69) is 38.4 Å². The monoisotopic (exact) mass is 460 g/mol. The summed E-state index contributed by atoms with van der Waals surface area (Å²) < 4.78 is 0. The minimum Gasteiger partial charge on any atom is -0.364 e. The highest BCUT2D eigenvalue weighted by Crippen LogP contribution is 2.34. The lowest BCUT2D eigenvalue weighted by atomic mass is 9.80. The smallest absolute Gasteiger partial charge is 0.269 e. The van der Waals surface area contributed by atoms with Gasteiger partial charge in [0.1, 0.15) is 11.2 Å². The van der Waals surface area contributed by atoms with E-state index in [-0.39, 0.29) is 11.6 Å². The standard InChI is InChI=1S/C26H32N6O2/c27-17-26(11-14-32(18-26)16-20-9-5-2-6-10-20)31-25(34)21(15-19-7-3-1-4-8-19)22-23(24(28)33)30-13-12-29-22/h2,5-6,9-10,12-13,19,21H,1,3-4,7-8,11,14-16,18H2,(H2,28,33)(H,31,34). The summed E-state index contributed by atoms with van der Waals surface area (Å²) in [6, 6.07) is 12.5. The molecule has 8 nitrogen and oxygen atoms in total. The summed E-state index contributed by atoms with van der Waals surface area (Å²) in [5, 5.41) is 13.1. The Bertz CT molecular complexity index is 1050. The van der Waals surface area contributed by atoms with E-state index in [1.54, 1.807) is 0 Å². The van der Waals surface area contributed by atoms with E-state index in [1.165, 1.54) is 24.4 Å². The highest BCUT2D eigenvalue weighted by Gasteiger charge is 2.42. The first-order chi connectivity index (χ1) is 16.5. The Morgan fingerprint density at radius 3 is 2.62 bits per heavy atom. The molecule has 1 aromatic heterocycles. The van der Waals surface area contributed by atoms with Gasteiger partial charge in [0.15, 0.2) is 0 Å². The number of primary amides is 1. The lowest BCUT2D eigenvalue weighted by Gasteiger charge is -2.29. The summed E-state index contributed by atoms with van der Waals surface area (Å²) in [7, 11) is 0. The lowest BCUT2D eigenvalue weighted by Crippen LogP contribution is -2.51. The molecule has 1 aliphatic heterocycles. The number of nitrogens with one attached hydrogen (secondary N) is 1. The third-order valence-corrected chi connectivity index (χ3v) is 7.07. The molecule has 34 heavy (non-hydrogen) atoms. The van der Waals surface area contributed by atoms with Crippen LogP contribution in [0.4, 0.5) is 0 Å². The number of nitriles is 1. The van der Waals surface area contributed by atoms with Crippen LogP contribution in [0.2, 0.25) is 0 Å². The summed E-state index contributed by atoms with van der Waals surface area (Å²) in [6.07, 6.45) is 9.58. The quantitative estimate of drug-likeness (QED) is 0.624. The van der Waals surface area contributed by atoms with Gasteiger partial charge in [0.25, 0.3) is 5.91 Å². The molecule has 2 heterocycles. The second-order valence-electron chi connectivity index (χ2n) is 9.58. The summed E-state index contributed by atoms with van der Waals surface area (Å²) in [5.74, 6) is -1.29. The Hall–Kier alpha value is -3.31. The predicted molar refractivity (Wildman–Crippen MR) is 127 cm³/mol. The molecule has 3 N–H and O–H groups in total. The zero-order chi connectivity index (χ0) is 24.0. The van der Waals surface area contributed by atoms with Crippen molar-refractivity contribution in [2.24, 2.45) is 11.7 Å². The number of rotatable bonds is 8. The van der Waals surface area contributed by atoms with Gasteiger partial charge in [-0.2, -0.15) is 5.26 Å². The average molecular weight is 461 g/mol. The Kier molecular flexibility index (Phi) is 7.53. The number of carbonyl (C=O) groups is 2. The van der Waals surface area contributed by atoms with Crippen molar-refractivity contribution in [3.05, 3.63) is 59.7 Å². The second-order valence-corrected chi connectivity index (χ2v) is 9.58. The number of carbonyl (C=O) groups excluding carboxylic acids is 2. The van der Waals surface area contributed by atoms with Crippen LogP contribution < -0.4 is 11.1 Å². The topological polar surface area (TPSA) is 125 Å². The van der Waals surface area contributed by atoms with E-state index in [9.17, 15) is 14.9 Å². The summed E-state index contributed by atoms with van der Waals surface area (Å²) in [6.45, 7) is 1.89. The van der Waals surface area contributed by atoms with Gasteiger partial charge < -0.3 is 11.1 Å². The Labute approximate surface area is 200 Å². The van der Waals surface area contributed by atoms with Crippen molar-refractivity contribution in [1.82, 2.24) is 20.2 Å². The molecule has 178 valence electrons. The van der Waals surface area contributed by atoms with Gasteiger partial charge in [-0.05, 0) is 24.3 Å². The van der Waals surface area contributed by atoms with Crippen molar-refractivity contribution in [2.75, 3.05) is 13.1 Å². The average Bonchev–Trinajstić information content (AvgIpc) is 3.26. The van der Waals surface area contributed by atoms with Crippen molar-refractivity contribution < 1.29 is 9.59 Å². The van der Waals surface area contributed by atoms with Crippen LogP contribution in [0.3, 0.4) is 0 Å². The van der Waals surface area contributed by atoms with E-state index in [4.69, 9.17) is 5.73 Å². The Balaban J connectivity index is 1.53. The van der Waals surface area contributed by atoms with E-state index >= 15 is 0 Å². The zero-order valence-electron chi connectivity index (χ0n) is 19.4. The Morgan fingerprint density at radius 2 is 1.91 bits per heavy atom. The number of hydrogen-bond acceptors (Lipinski definition) is 6. The fourth-order valence-electron chi connectivity index (χ4n) is 5.30.